The zero-order chi connectivity index (χ0) is 22.5. The van der Waals surface area contributed by atoms with Gasteiger partial charge < -0.3 is 19.5 Å². The highest BCUT2D eigenvalue weighted by Crippen LogP contribution is 2.41. The SMILES string of the molecule is CCCCCN1C(=O)C(=O)/C(=C(\O)c2ccc(OC)c(Cl)c2)C1c1cccc(OC)c1. The first-order chi connectivity index (χ1) is 14.9. The molecule has 1 aliphatic rings. The molecule has 1 atom stereocenters. The number of amides is 1. The molecule has 3 rings (SSSR count). The van der Waals surface area contributed by atoms with Crippen LogP contribution in [-0.2, 0) is 9.59 Å². The third kappa shape index (κ3) is 4.54. The molecule has 1 aliphatic heterocycles. The normalized spacial score (nSPS) is 17.8. The third-order valence-corrected chi connectivity index (χ3v) is 5.67. The van der Waals surface area contributed by atoms with E-state index >= 15 is 0 Å². The monoisotopic (exact) mass is 443 g/mol. The van der Waals surface area contributed by atoms with Gasteiger partial charge in [0.2, 0.25) is 0 Å². The largest absolute Gasteiger partial charge is 0.507 e. The van der Waals surface area contributed by atoms with E-state index < -0.39 is 17.7 Å². The van der Waals surface area contributed by atoms with Crippen LogP contribution in [0, 0.1) is 0 Å². The minimum absolute atomic E-state index is 0.0379. The highest BCUT2D eigenvalue weighted by Gasteiger charge is 2.45. The Kier molecular flexibility index (Phi) is 7.23. The molecule has 1 amide bonds. The van der Waals surface area contributed by atoms with Crippen molar-refractivity contribution < 1.29 is 24.2 Å². The smallest absolute Gasteiger partial charge is 0.295 e. The van der Waals surface area contributed by atoms with E-state index in [0.29, 0.717) is 34.2 Å². The number of halogens is 1. The summed E-state index contributed by atoms with van der Waals surface area (Å²) in [5.74, 6) is -0.556. The maximum atomic E-state index is 13.0. The van der Waals surface area contributed by atoms with E-state index in [9.17, 15) is 14.7 Å². The van der Waals surface area contributed by atoms with Crippen LogP contribution in [0.4, 0.5) is 0 Å². The maximum absolute atomic E-state index is 13.0. The number of benzene rings is 2. The van der Waals surface area contributed by atoms with Gasteiger partial charge in [0.05, 0.1) is 30.9 Å². The second kappa shape index (κ2) is 9.88. The standard InChI is InChI=1S/C24H26ClNO5/c1-4-5-6-12-26-21(15-8-7-9-17(13-15)30-2)20(23(28)24(26)29)22(27)16-10-11-19(31-3)18(25)14-16/h7-11,13-14,21,27H,4-6,12H2,1-3H3/b22-20-. The molecule has 1 unspecified atom stereocenters. The average Bonchev–Trinajstić information content (AvgIpc) is 3.03. The van der Waals surface area contributed by atoms with Crippen molar-refractivity contribution in [2.45, 2.75) is 32.2 Å². The molecule has 2 aromatic rings. The maximum Gasteiger partial charge on any atom is 0.295 e. The van der Waals surface area contributed by atoms with Gasteiger partial charge in [0, 0.05) is 12.1 Å². The highest BCUT2D eigenvalue weighted by molar-refractivity contribution is 6.46. The van der Waals surface area contributed by atoms with E-state index in [1.807, 2.05) is 6.07 Å². The summed E-state index contributed by atoms with van der Waals surface area (Å²) in [6.45, 7) is 2.49. The molecule has 0 radical (unpaired) electrons. The number of ether oxygens (including phenoxy) is 2. The first kappa shape index (κ1) is 22.7. The predicted molar refractivity (Wildman–Crippen MR) is 120 cm³/mol. The molecular weight excluding hydrogens is 418 g/mol. The number of methoxy groups -OCH3 is 2. The number of ketones is 1. The molecule has 2 aromatic carbocycles. The lowest BCUT2D eigenvalue weighted by molar-refractivity contribution is -0.139. The Morgan fingerprint density at radius 1 is 1.10 bits per heavy atom. The third-order valence-electron chi connectivity index (χ3n) is 5.38. The van der Waals surface area contributed by atoms with Crippen LogP contribution in [0.3, 0.4) is 0 Å². The van der Waals surface area contributed by atoms with Crippen LogP contribution in [-0.4, -0.2) is 42.5 Å². The fourth-order valence-electron chi connectivity index (χ4n) is 3.77. The molecule has 1 heterocycles. The number of aliphatic hydroxyl groups is 1. The number of Topliss-reactive ketones (excluding diaryl/α,β-unsaturated/α-hetero) is 1. The van der Waals surface area contributed by atoms with E-state index in [4.69, 9.17) is 21.1 Å². The van der Waals surface area contributed by atoms with Crippen molar-refractivity contribution in [2.24, 2.45) is 0 Å². The fourth-order valence-corrected chi connectivity index (χ4v) is 4.03. The second-order valence-corrected chi connectivity index (χ2v) is 7.73. The zero-order valence-corrected chi connectivity index (χ0v) is 18.6. The van der Waals surface area contributed by atoms with Gasteiger partial charge in [0.25, 0.3) is 11.7 Å². The number of aliphatic hydroxyl groups excluding tert-OH is 1. The van der Waals surface area contributed by atoms with Crippen LogP contribution in [0.2, 0.25) is 5.02 Å². The van der Waals surface area contributed by atoms with E-state index in [1.54, 1.807) is 37.4 Å². The van der Waals surface area contributed by atoms with Gasteiger partial charge in [-0.2, -0.15) is 0 Å². The molecule has 6 nitrogen and oxygen atoms in total. The van der Waals surface area contributed by atoms with Crippen molar-refractivity contribution >= 4 is 29.1 Å². The van der Waals surface area contributed by atoms with Gasteiger partial charge in [-0.25, -0.2) is 0 Å². The first-order valence-electron chi connectivity index (χ1n) is 10.2. The molecule has 31 heavy (non-hydrogen) atoms. The number of hydrogen-bond acceptors (Lipinski definition) is 5. The summed E-state index contributed by atoms with van der Waals surface area (Å²) in [6.07, 6.45) is 2.68. The Morgan fingerprint density at radius 2 is 1.87 bits per heavy atom. The summed E-state index contributed by atoms with van der Waals surface area (Å²) < 4.78 is 10.5. The molecule has 0 spiro atoms. The summed E-state index contributed by atoms with van der Waals surface area (Å²) >= 11 is 6.21. The summed E-state index contributed by atoms with van der Waals surface area (Å²) in [7, 11) is 3.04. The number of carbonyl (C=O) groups is 2. The van der Waals surface area contributed by atoms with Crippen molar-refractivity contribution in [3.63, 3.8) is 0 Å². The lowest BCUT2D eigenvalue weighted by Crippen LogP contribution is -2.30. The molecule has 1 N–H and O–H groups in total. The Balaban J connectivity index is 2.14. The Labute approximate surface area is 187 Å². The van der Waals surface area contributed by atoms with Gasteiger partial charge in [0.1, 0.15) is 17.3 Å². The van der Waals surface area contributed by atoms with Crippen LogP contribution < -0.4 is 9.47 Å². The minimum atomic E-state index is -0.715. The molecule has 0 aliphatic carbocycles. The predicted octanol–water partition coefficient (Wildman–Crippen LogP) is 4.97. The number of likely N-dealkylation sites (tertiary alicyclic amines) is 1. The molecule has 7 heteroatoms. The number of unbranched alkanes of at least 4 members (excludes halogenated alkanes) is 2. The van der Waals surface area contributed by atoms with Gasteiger partial charge in [-0.05, 0) is 42.3 Å². The Hall–Kier alpha value is -2.99. The van der Waals surface area contributed by atoms with E-state index in [1.165, 1.54) is 18.1 Å². The van der Waals surface area contributed by atoms with E-state index in [0.717, 1.165) is 19.3 Å². The van der Waals surface area contributed by atoms with Gasteiger partial charge in [-0.15, -0.1) is 0 Å². The van der Waals surface area contributed by atoms with Gasteiger partial charge >= 0.3 is 0 Å². The molecular formula is C24H26ClNO5. The topological polar surface area (TPSA) is 76.1 Å². The van der Waals surface area contributed by atoms with Crippen LogP contribution in [0.25, 0.3) is 5.76 Å². The molecule has 1 saturated heterocycles. The van der Waals surface area contributed by atoms with E-state index in [2.05, 4.69) is 6.92 Å². The molecule has 0 aromatic heterocycles. The summed E-state index contributed by atoms with van der Waals surface area (Å²) in [6, 6.07) is 11.2. The highest BCUT2D eigenvalue weighted by atomic mass is 35.5. The van der Waals surface area contributed by atoms with Crippen molar-refractivity contribution in [2.75, 3.05) is 20.8 Å². The van der Waals surface area contributed by atoms with Crippen molar-refractivity contribution in [1.82, 2.24) is 4.90 Å². The molecule has 0 bridgehead atoms. The molecule has 1 fully saturated rings. The summed E-state index contributed by atoms with van der Waals surface area (Å²) in [5.41, 5.74) is 1.07. The fraction of sp³-hybridized carbons (Fsp3) is 0.333. The second-order valence-electron chi connectivity index (χ2n) is 7.33. The number of nitrogens with zero attached hydrogens (tertiary/aromatic N) is 1. The summed E-state index contributed by atoms with van der Waals surface area (Å²) in [5, 5.41) is 11.4. The Bertz CT molecular complexity index is 1020. The van der Waals surface area contributed by atoms with Crippen LogP contribution in [0.15, 0.2) is 48.0 Å². The van der Waals surface area contributed by atoms with Crippen molar-refractivity contribution in [3.05, 3.63) is 64.2 Å². The molecule has 0 saturated carbocycles. The lowest BCUT2D eigenvalue weighted by Gasteiger charge is -2.25. The first-order valence-corrected chi connectivity index (χ1v) is 10.6. The van der Waals surface area contributed by atoms with Crippen molar-refractivity contribution in [1.29, 1.82) is 0 Å². The van der Waals surface area contributed by atoms with Crippen molar-refractivity contribution in [3.8, 4) is 11.5 Å². The van der Waals surface area contributed by atoms with Gasteiger partial charge in [-0.1, -0.05) is 43.5 Å². The van der Waals surface area contributed by atoms with Crippen LogP contribution >= 0.6 is 11.6 Å². The number of hydrogen-bond donors (Lipinski definition) is 1. The van der Waals surface area contributed by atoms with Gasteiger partial charge in [0.15, 0.2) is 0 Å². The van der Waals surface area contributed by atoms with Crippen LogP contribution in [0.1, 0.15) is 43.4 Å². The van der Waals surface area contributed by atoms with Gasteiger partial charge in [-0.3, -0.25) is 9.59 Å². The summed E-state index contributed by atoms with van der Waals surface area (Å²) in [4.78, 5) is 27.4. The lowest BCUT2D eigenvalue weighted by atomic mass is 9.95. The number of carbonyl (C=O) groups excluding carboxylic acids is 2. The zero-order valence-electron chi connectivity index (χ0n) is 17.9. The Morgan fingerprint density at radius 3 is 2.52 bits per heavy atom. The quantitative estimate of drug-likeness (QED) is 0.270. The average molecular weight is 444 g/mol. The number of rotatable bonds is 8. The van der Waals surface area contributed by atoms with E-state index in [-0.39, 0.29) is 11.3 Å². The molecule has 164 valence electrons. The van der Waals surface area contributed by atoms with Crippen LogP contribution in [0.5, 0.6) is 11.5 Å². The minimum Gasteiger partial charge on any atom is -0.507 e.